The summed E-state index contributed by atoms with van der Waals surface area (Å²) in [5.74, 6) is -1.08. The van der Waals surface area contributed by atoms with Crippen LogP contribution < -0.4 is 10.2 Å². The molecular formula is C23H16BrF6N3O3. The third-order valence-corrected chi connectivity index (χ3v) is 5.72. The first kappa shape index (κ1) is 27.1. The molecule has 0 bridgehead atoms. The molecule has 2 amide bonds. The van der Waals surface area contributed by atoms with Crippen molar-refractivity contribution in [3.8, 4) is 6.07 Å². The van der Waals surface area contributed by atoms with Crippen molar-refractivity contribution in [3.05, 3.63) is 76.0 Å². The summed E-state index contributed by atoms with van der Waals surface area (Å²) >= 11 is 3.10. The van der Waals surface area contributed by atoms with Crippen molar-refractivity contribution in [2.45, 2.75) is 25.3 Å². The Bertz CT molecular complexity index is 1270. The quantitative estimate of drug-likeness (QED) is 0.266. The van der Waals surface area contributed by atoms with E-state index in [1.807, 2.05) is 0 Å². The van der Waals surface area contributed by atoms with Crippen molar-refractivity contribution in [3.63, 3.8) is 0 Å². The van der Waals surface area contributed by atoms with Gasteiger partial charge in [-0.15, -0.1) is 0 Å². The zero-order valence-electron chi connectivity index (χ0n) is 18.3. The summed E-state index contributed by atoms with van der Waals surface area (Å²) in [6.07, 6.45) is -9.70. The Morgan fingerprint density at radius 1 is 1.14 bits per heavy atom. The molecule has 0 radical (unpaired) electrons. The first-order valence-electron chi connectivity index (χ1n) is 10.2. The molecule has 0 saturated carbocycles. The highest BCUT2D eigenvalue weighted by Gasteiger charge is 2.43. The van der Waals surface area contributed by atoms with Crippen LogP contribution in [0.2, 0.25) is 0 Å². The smallest absolute Gasteiger partial charge is 0.416 e. The van der Waals surface area contributed by atoms with Gasteiger partial charge in [-0.05, 0) is 42.8 Å². The third-order valence-electron chi connectivity index (χ3n) is 5.19. The number of nitrogens with zero attached hydrogens (tertiary/aromatic N) is 2. The highest BCUT2D eigenvalue weighted by Crippen LogP contribution is 2.42. The van der Waals surface area contributed by atoms with Crippen molar-refractivity contribution in [1.82, 2.24) is 5.32 Å². The molecule has 1 atom stereocenters. The summed E-state index contributed by atoms with van der Waals surface area (Å²) in [7, 11) is 0. The van der Waals surface area contributed by atoms with Crippen molar-refractivity contribution in [2.75, 3.05) is 16.8 Å². The molecule has 0 aliphatic carbocycles. The number of rotatable bonds is 5. The molecule has 0 spiro atoms. The van der Waals surface area contributed by atoms with Crippen LogP contribution in [0.5, 0.6) is 0 Å². The Kier molecular flexibility index (Phi) is 7.68. The fourth-order valence-electron chi connectivity index (χ4n) is 3.70. The number of ether oxygens (including phenoxy) is 1. The Labute approximate surface area is 209 Å². The maximum Gasteiger partial charge on any atom is 0.416 e. The van der Waals surface area contributed by atoms with Gasteiger partial charge in [-0.2, -0.15) is 31.6 Å². The Morgan fingerprint density at radius 2 is 1.83 bits per heavy atom. The van der Waals surface area contributed by atoms with Crippen LogP contribution in [0.3, 0.4) is 0 Å². The zero-order chi connectivity index (χ0) is 26.8. The second-order valence-corrected chi connectivity index (χ2v) is 7.95. The molecule has 1 aliphatic heterocycles. The van der Waals surface area contributed by atoms with Crippen LogP contribution in [0.15, 0.2) is 53.7 Å². The number of anilines is 1. The lowest BCUT2D eigenvalue weighted by Crippen LogP contribution is -2.49. The first-order valence-corrected chi connectivity index (χ1v) is 11.3. The highest BCUT2D eigenvalue weighted by atomic mass is 79.9. The molecule has 1 aliphatic rings. The van der Waals surface area contributed by atoms with E-state index in [2.05, 4.69) is 21.2 Å². The van der Waals surface area contributed by atoms with Crippen LogP contribution in [0.4, 0.5) is 36.8 Å². The van der Waals surface area contributed by atoms with Gasteiger partial charge >= 0.3 is 24.4 Å². The summed E-state index contributed by atoms with van der Waals surface area (Å²) in [5.41, 5.74) is -4.09. The molecule has 0 fully saturated rings. The van der Waals surface area contributed by atoms with Crippen LogP contribution in [0, 0.1) is 11.3 Å². The number of allylic oxidation sites excluding steroid dienone is 1. The minimum atomic E-state index is -4.96. The van der Waals surface area contributed by atoms with E-state index in [1.54, 1.807) is 6.07 Å². The molecule has 0 aromatic heterocycles. The van der Waals surface area contributed by atoms with Crippen LogP contribution >= 0.6 is 15.9 Å². The summed E-state index contributed by atoms with van der Waals surface area (Å²) in [4.78, 5) is 26.8. The molecule has 1 unspecified atom stereocenters. The monoisotopic (exact) mass is 575 g/mol. The van der Waals surface area contributed by atoms with Gasteiger partial charge in [0.25, 0.3) is 0 Å². The number of carbonyl (C=O) groups is 2. The summed E-state index contributed by atoms with van der Waals surface area (Å²) in [5, 5.41) is 11.0. The van der Waals surface area contributed by atoms with E-state index in [-0.39, 0.29) is 28.9 Å². The molecule has 36 heavy (non-hydrogen) atoms. The lowest BCUT2D eigenvalue weighted by molar-refractivity contribution is -0.141. The molecule has 1 N–H and O–H groups in total. The van der Waals surface area contributed by atoms with E-state index < -0.39 is 52.7 Å². The minimum absolute atomic E-state index is 0.165. The predicted octanol–water partition coefficient (Wildman–Crippen LogP) is 6.08. The average molecular weight is 576 g/mol. The molecule has 6 nitrogen and oxygen atoms in total. The minimum Gasteiger partial charge on any atom is -0.463 e. The topological polar surface area (TPSA) is 82.4 Å². The summed E-state index contributed by atoms with van der Waals surface area (Å²) < 4.78 is 86.5. The number of hydrogen-bond donors (Lipinski definition) is 1. The number of urea groups is 1. The molecule has 13 heteroatoms. The van der Waals surface area contributed by atoms with Crippen molar-refractivity contribution < 1.29 is 40.7 Å². The lowest BCUT2D eigenvalue weighted by Gasteiger charge is -2.37. The number of esters is 1. The van der Waals surface area contributed by atoms with Crippen LogP contribution in [0.25, 0.3) is 0 Å². The normalized spacial score (nSPS) is 16.5. The molecule has 3 rings (SSSR count). The van der Waals surface area contributed by atoms with E-state index in [4.69, 9.17) is 10.00 Å². The van der Waals surface area contributed by atoms with Crippen molar-refractivity contribution in [2.24, 2.45) is 0 Å². The maximum atomic E-state index is 13.9. The predicted molar refractivity (Wildman–Crippen MR) is 119 cm³/mol. The van der Waals surface area contributed by atoms with Gasteiger partial charge in [0.1, 0.15) is 0 Å². The van der Waals surface area contributed by atoms with Gasteiger partial charge in [-0.1, -0.05) is 28.1 Å². The third kappa shape index (κ3) is 5.33. The number of alkyl halides is 7. The van der Waals surface area contributed by atoms with Gasteiger partial charge in [-0.3, -0.25) is 4.90 Å². The molecular weight excluding hydrogens is 560 g/mol. The van der Waals surface area contributed by atoms with E-state index in [0.29, 0.717) is 12.1 Å². The van der Waals surface area contributed by atoms with Crippen LogP contribution in [0.1, 0.15) is 35.2 Å². The second-order valence-electron chi connectivity index (χ2n) is 7.39. The van der Waals surface area contributed by atoms with Gasteiger partial charge in [0, 0.05) is 5.33 Å². The number of amides is 2. The van der Waals surface area contributed by atoms with E-state index in [0.717, 1.165) is 29.2 Å². The standard InChI is InChI=1S/C23H16BrF6N3O3/c1-2-36-20(34)18-17(10-24)33(14-5-3-4-13(9-14)22(25,26)27)21(35)32-19(18)15-7-6-12(11-31)8-16(15)23(28,29)30/h3-9,19H,2,10H2,1H3,(H,32,35). The molecule has 2 aromatic carbocycles. The fraction of sp³-hybridized carbons (Fsp3) is 0.261. The van der Waals surface area contributed by atoms with Gasteiger partial charge < -0.3 is 10.1 Å². The highest BCUT2D eigenvalue weighted by molar-refractivity contribution is 9.09. The number of nitrogens with one attached hydrogen (secondary N) is 1. The molecule has 190 valence electrons. The Balaban J connectivity index is 2.29. The Hall–Kier alpha value is -3.53. The van der Waals surface area contributed by atoms with E-state index >= 15 is 0 Å². The number of nitriles is 1. The fourth-order valence-corrected chi connectivity index (χ4v) is 4.25. The number of hydrogen-bond acceptors (Lipinski definition) is 4. The first-order chi connectivity index (χ1) is 16.8. The average Bonchev–Trinajstić information content (AvgIpc) is 2.81. The van der Waals surface area contributed by atoms with E-state index in [1.165, 1.54) is 13.0 Å². The summed E-state index contributed by atoms with van der Waals surface area (Å²) in [6, 6.07) is 5.18. The van der Waals surface area contributed by atoms with Gasteiger partial charge in [0.05, 0.1) is 52.4 Å². The van der Waals surface area contributed by atoms with Crippen molar-refractivity contribution >= 4 is 33.6 Å². The van der Waals surface area contributed by atoms with Gasteiger partial charge in [0.2, 0.25) is 0 Å². The SMILES string of the molecule is CCOC(=O)C1=C(CBr)N(c2cccc(C(F)(F)F)c2)C(=O)NC1c1ccc(C#N)cc1C(F)(F)F. The lowest BCUT2D eigenvalue weighted by atomic mass is 9.90. The van der Waals surface area contributed by atoms with Gasteiger partial charge in [0.15, 0.2) is 0 Å². The number of halogens is 7. The second kappa shape index (κ2) is 10.2. The molecule has 2 aromatic rings. The van der Waals surface area contributed by atoms with Gasteiger partial charge in [-0.25, -0.2) is 9.59 Å². The maximum absolute atomic E-state index is 13.9. The molecule has 1 heterocycles. The Morgan fingerprint density at radius 3 is 2.39 bits per heavy atom. The number of carbonyl (C=O) groups excluding carboxylic acids is 2. The van der Waals surface area contributed by atoms with Crippen molar-refractivity contribution in [1.29, 1.82) is 5.26 Å². The van der Waals surface area contributed by atoms with Crippen LogP contribution in [-0.2, 0) is 21.9 Å². The summed E-state index contributed by atoms with van der Waals surface area (Å²) in [6.45, 7) is 1.29. The zero-order valence-corrected chi connectivity index (χ0v) is 19.9. The largest absolute Gasteiger partial charge is 0.463 e. The van der Waals surface area contributed by atoms with E-state index in [9.17, 15) is 35.9 Å². The molecule has 0 saturated heterocycles. The van der Waals surface area contributed by atoms with Crippen LogP contribution in [-0.4, -0.2) is 23.9 Å². The number of benzene rings is 2.